The van der Waals surface area contributed by atoms with Gasteiger partial charge in [0.1, 0.15) is 0 Å². The largest absolute Gasteiger partial charge is 0.476 e. The molecule has 2 aliphatic rings. The summed E-state index contributed by atoms with van der Waals surface area (Å²) in [7, 11) is 0. The third-order valence-corrected chi connectivity index (χ3v) is 5.98. The van der Waals surface area contributed by atoms with Gasteiger partial charge in [-0.3, -0.25) is 4.90 Å². The number of aromatic carboxylic acids is 1. The first-order valence-electron chi connectivity index (χ1n) is 10.7. The number of carbonyl (C=O) groups is 2. The zero-order chi connectivity index (χ0) is 22.0. The Balaban J connectivity index is 1.40. The summed E-state index contributed by atoms with van der Waals surface area (Å²) in [6, 6.07) is 6.17. The van der Waals surface area contributed by atoms with E-state index < -0.39 is 5.97 Å². The maximum absolute atomic E-state index is 12.8. The number of carbonyl (C=O) groups excluding carboxylic acids is 1. The number of anilines is 1. The molecule has 1 N–H and O–H groups in total. The van der Waals surface area contributed by atoms with Gasteiger partial charge in [-0.05, 0) is 25.0 Å². The molecule has 2 fully saturated rings. The molecule has 0 aliphatic carbocycles. The molecule has 0 radical (unpaired) electrons. The highest BCUT2D eigenvalue weighted by Gasteiger charge is 2.26. The first-order chi connectivity index (χ1) is 14.9. The molecular weight excluding hydrogens is 398 g/mol. The second-order valence-electron chi connectivity index (χ2n) is 8.14. The van der Waals surface area contributed by atoms with Gasteiger partial charge < -0.3 is 19.6 Å². The molecule has 0 unspecified atom stereocenters. The second kappa shape index (κ2) is 9.07. The van der Waals surface area contributed by atoms with E-state index >= 15 is 0 Å². The summed E-state index contributed by atoms with van der Waals surface area (Å²) in [5.74, 6) is -1.12. The van der Waals surface area contributed by atoms with E-state index in [0.29, 0.717) is 18.7 Å². The molecule has 0 saturated carbocycles. The van der Waals surface area contributed by atoms with Crippen LogP contribution in [0.1, 0.15) is 27.2 Å². The van der Waals surface area contributed by atoms with E-state index in [9.17, 15) is 9.59 Å². The summed E-state index contributed by atoms with van der Waals surface area (Å²) < 4.78 is 6.66. The Morgan fingerprint density at radius 2 is 1.74 bits per heavy atom. The van der Waals surface area contributed by atoms with Crippen LogP contribution in [0.3, 0.4) is 0 Å². The van der Waals surface area contributed by atoms with Crippen molar-refractivity contribution in [3.05, 3.63) is 46.8 Å². The first-order valence-corrected chi connectivity index (χ1v) is 10.7. The molecule has 0 spiro atoms. The Kier molecular flexibility index (Phi) is 6.24. The first kappa shape index (κ1) is 21.3. The van der Waals surface area contributed by atoms with Crippen LogP contribution in [0, 0.1) is 13.8 Å². The van der Waals surface area contributed by atoms with Crippen molar-refractivity contribution in [2.24, 2.45) is 0 Å². The van der Waals surface area contributed by atoms with Crippen molar-refractivity contribution in [2.75, 3.05) is 57.4 Å². The molecule has 2 aromatic rings. The lowest BCUT2D eigenvalue weighted by atomic mass is 10.1. The van der Waals surface area contributed by atoms with Crippen LogP contribution in [-0.2, 0) is 11.3 Å². The van der Waals surface area contributed by atoms with Crippen LogP contribution in [0.2, 0.25) is 0 Å². The molecule has 1 aromatic carbocycles. The minimum atomic E-state index is -1.12. The van der Waals surface area contributed by atoms with Crippen molar-refractivity contribution >= 4 is 17.7 Å². The summed E-state index contributed by atoms with van der Waals surface area (Å²) >= 11 is 0. The van der Waals surface area contributed by atoms with Crippen LogP contribution in [0.25, 0.3) is 0 Å². The van der Waals surface area contributed by atoms with Gasteiger partial charge >= 0.3 is 12.0 Å². The average Bonchev–Trinajstić information content (AvgIpc) is 3.16. The van der Waals surface area contributed by atoms with E-state index in [0.717, 1.165) is 50.6 Å². The number of morpholine rings is 1. The number of nitrogens with zero attached hydrogens (tertiary/aromatic N) is 5. The third-order valence-electron chi connectivity index (χ3n) is 5.98. The molecule has 2 saturated heterocycles. The van der Waals surface area contributed by atoms with Crippen molar-refractivity contribution < 1.29 is 19.4 Å². The predicted octanol–water partition coefficient (Wildman–Crippen LogP) is 1.82. The Morgan fingerprint density at radius 3 is 2.39 bits per heavy atom. The van der Waals surface area contributed by atoms with Crippen LogP contribution in [0.15, 0.2) is 24.4 Å². The van der Waals surface area contributed by atoms with E-state index in [-0.39, 0.29) is 11.7 Å². The summed E-state index contributed by atoms with van der Waals surface area (Å²) in [6.07, 6.45) is 1.49. The number of aromatic nitrogens is 2. The van der Waals surface area contributed by atoms with Gasteiger partial charge in [0.25, 0.3) is 0 Å². The number of rotatable bonds is 4. The zero-order valence-corrected chi connectivity index (χ0v) is 18.1. The van der Waals surface area contributed by atoms with Gasteiger partial charge in [-0.2, -0.15) is 9.78 Å². The molecular formula is C22H29N5O4. The standard InChI is InChI=1S/C22H29N5O4/c1-16-4-3-5-18(20(16)25-10-12-31-13-11-25)15-24-6-8-26(9-7-24)22(30)27-14-17(2)19(23-27)21(28)29/h3-5,14H,6-13,15H2,1-2H3,(H,28,29). The fourth-order valence-corrected chi connectivity index (χ4v) is 4.34. The fraction of sp³-hybridized carbons (Fsp3) is 0.500. The summed E-state index contributed by atoms with van der Waals surface area (Å²) in [6.45, 7) is 10.6. The number of ether oxygens (including phenoxy) is 1. The Bertz CT molecular complexity index is 959. The Hall–Kier alpha value is -2.91. The average molecular weight is 428 g/mol. The van der Waals surface area contributed by atoms with Gasteiger partial charge in [0.2, 0.25) is 0 Å². The zero-order valence-electron chi connectivity index (χ0n) is 18.1. The molecule has 9 nitrogen and oxygen atoms in total. The molecule has 1 amide bonds. The summed E-state index contributed by atoms with van der Waals surface area (Å²) in [5, 5.41) is 13.1. The van der Waals surface area contributed by atoms with E-state index in [4.69, 9.17) is 9.84 Å². The normalized spacial score (nSPS) is 17.7. The SMILES string of the molecule is Cc1cn(C(=O)N2CCN(Cc3cccc(C)c3N3CCOCC3)CC2)nc1C(=O)O. The van der Waals surface area contributed by atoms with E-state index in [1.165, 1.54) is 23.0 Å². The van der Waals surface area contributed by atoms with Gasteiger partial charge in [-0.25, -0.2) is 9.59 Å². The summed E-state index contributed by atoms with van der Waals surface area (Å²) in [5.41, 5.74) is 4.28. The maximum atomic E-state index is 12.8. The summed E-state index contributed by atoms with van der Waals surface area (Å²) in [4.78, 5) is 30.5. The number of amides is 1. The minimum absolute atomic E-state index is 0.0814. The number of aryl methyl sites for hydroxylation is 2. The number of hydrogen-bond donors (Lipinski definition) is 1. The van der Waals surface area contributed by atoms with Gasteiger partial charge in [-0.1, -0.05) is 18.2 Å². The molecule has 166 valence electrons. The Labute approximate surface area is 181 Å². The van der Waals surface area contributed by atoms with Crippen LogP contribution in [0.4, 0.5) is 10.5 Å². The number of para-hydroxylation sites is 1. The minimum Gasteiger partial charge on any atom is -0.476 e. The third kappa shape index (κ3) is 4.57. The smallest absolute Gasteiger partial charge is 0.356 e. The molecule has 0 atom stereocenters. The quantitative estimate of drug-likeness (QED) is 0.796. The molecule has 4 rings (SSSR count). The van der Waals surface area contributed by atoms with E-state index in [2.05, 4.69) is 40.0 Å². The molecule has 2 aliphatic heterocycles. The predicted molar refractivity (Wildman–Crippen MR) is 116 cm³/mol. The van der Waals surface area contributed by atoms with Gasteiger partial charge in [-0.15, -0.1) is 0 Å². The number of carboxylic acid groups (broad SMARTS) is 1. The van der Waals surface area contributed by atoms with Crippen molar-refractivity contribution in [1.82, 2.24) is 19.6 Å². The number of piperazine rings is 1. The van der Waals surface area contributed by atoms with Gasteiger partial charge in [0.05, 0.1) is 13.2 Å². The lowest BCUT2D eigenvalue weighted by Crippen LogP contribution is -2.49. The molecule has 1 aromatic heterocycles. The van der Waals surface area contributed by atoms with Crippen LogP contribution in [-0.4, -0.2) is 89.2 Å². The van der Waals surface area contributed by atoms with Crippen LogP contribution in [0.5, 0.6) is 0 Å². The molecule has 9 heteroatoms. The van der Waals surface area contributed by atoms with E-state index in [1.807, 2.05) is 0 Å². The Morgan fingerprint density at radius 1 is 1.03 bits per heavy atom. The second-order valence-corrected chi connectivity index (χ2v) is 8.14. The highest BCUT2D eigenvalue weighted by Crippen LogP contribution is 2.27. The lowest BCUT2D eigenvalue weighted by Gasteiger charge is -2.36. The number of carboxylic acids is 1. The van der Waals surface area contributed by atoms with Crippen molar-refractivity contribution in [1.29, 1.82) is 0 Å². The number of hydrogen-bond acceptors (Lipinski definition) is 6. The monoisotopic (exact) mass is 427 g/mol. The highest BCUT2D eigenvalue weighted by atomic mass is 16.5. The van der Waals surface area contributed by atoms with Crippen LogP contribution < -0.4 is 4.90 Å². The van der Waals surface area contributed by atoms with Crippen molar-refractivity contribution in [2.45, 2.75) is 20.4 Å². The maximum Gasteiger partial charge on any atom is 0.356 e. The lowest BCUT2D eigenvalue weighted by molar-refractivity contribution is 0.0689. The number of benzene rings is 1. The molecule has 31 heavy (non-hydrogen) atoms. The fourth-order valence-electron chi connectivity index (χ4n) is 4.34. The van der Waals surface area contributed by atoms with Crippen molar-refractivity contribution in [3.63, 3.8) is 0 Å². The highest BCUT2D eigenvalue weighted by molar-refractivity contribution is 5.88. The van der Waals surface area contributed by atoms with Crippen LogP contribution >= 0.6 is 0 Å². The molecule has 3 heterocycles. The van der Waals surface area contributed by atoms with Gasteiger partial charge in [0.15, 0.2) is 5.69 Å². The van der Waals surface area contributed by atoms with Gasteiger partial charge in [0, 0.05) is 63.3 Å². The van der Waals surface area contributed by atoms with E-state index in [1.54, 1.807) is 11.8 Å². The molecule has 0 bridgehead atoms. The van der Waals surface area contributed by atoms with Crippen molar-refractivity contribution in [3.8, 4) is 0 Å². The topological polar surface area (TPSA) is 91.1 Å².